The van der Waals surface area contributed by atoms with E-state index in [0.29, 0.717) is 24.0 Å². The van der Waals surface area contributed by atoms with Crippen LogP contribution in [-0.4, -0.2) is 30.1 Å². The van der Waals surface area contributed by atoms with Crippen LogP contribution in [0.3, 0.4) is 0 Å². The Morgan fingerprint density at radius 3 is 2.55 bits per heavy atom. The van der Waals surface area contributed by atoms with Crippen LogP contribution in [0.5, 0.6) is 0 Å². The maximum atomic E-state index is 12.7. The monoisotopic (exact) mass is 281 g/mol. The molecule has 2 heterocycles. The quantitative estimate of drug-likeness (QED) is 0.860. The maximum Gasteiger partial charge on any atom is 0.139 e. The van der Waals surface area contributed by atoms with E-state index in [0.717, 1.165) is 19.5 Å². The Bertz CT molecular complexity index is 356. The third-order valence-corrected chi connectivity index (χ3v) is 5.13. The molecule has 2 aliphatic heterocycles. The second-order valence-corrected chi connectivity index (χ2v) is 7.98. The summed E-state index contributed by atoms with van der Waals surface area (Å²) in [6, 6.07) is 0. The molecule has 2 rings (SSSR count). The molecule has 2 saturated heterocycles. The summed E-state index contributed by atoms with van der Waals surface area (Å²) >= 11 is 0. The van der Waals surface area contributed by atoms with Crippen molar-refractivity contribution in [3.63, 3.8) is 0 Å². The molecule has 3 unspecified atom stereocenters. The first kappa shape index (κ1) is 16.0. The van der Waals surface area contributed by atoms with Gasteiger partial charge in [0.1, 0.15) is 5.78 Å². The fraction of sp³-hybridized carbons (Fsp3) is 0.941. The number of ketones is 1. The number of Topliss-reactive ketones (excluding diaryl/α,β-unsaturated/α-hetero) is 1. The van der Waals surface area contributed by atoms with E-state index in [9.17, 15) is 4.79 Å². The summed E-state index contributed by atoms with van der Waals surface area (Å²) in [4.78, 5) is 12.7. The fourth-order valence-electron chi connectivity index (χ4n) is 4.05. The molecule has 116 valence electrons. The van der Waals surface area contributed by atoms with Crippen LogP contribution in [0.25, 0.3) is 0 Å². The van der Waals surface area contributed by atoms with Gasteiger partial charge in [0.25, 0.3) is 0 Å². The van der Waals surface area contributed by atoms with Gasteiger partial charge in [0.2, 0.25) is 0 Å². The normalized spacial score (nSPS) is 33.9. The zero-order valence-electron chi connectivity index (χ0n) is 13.8. The van der Waals surface area contributed by atoms with Gasteiger partial charge < -0.3 is 10.1 Å². The van der Waals surface area contributed by atoms with Crippen LogP contribution < -0.4 is 5.32 Å². The molecule has 1 N–H and O–H groups in total. The zero-order valence-corrected chi connectivity index (χ0v) is 13.8. The van der Waals surface area contributed by atoms with Gasteiger partial charge in [-0.2, -0.15) is 0 Å². The zero-order chi connectivity index (χ0) is 15.0. The van der Waals surface area contributed by atoms with E-state index < -0.39 is 0 Å². The Morgan fingerprint density at radius 2 is 2.05 bits per heavy atom. The van der Waals surface area contributed by atoms with Crippen molar-refractivity contribution in [3.8, 4) is 0 Å². The highest BCUT2D eigenvalue weighted by Gasteiger charge is 2.49. The van der Waals surface area contributed by atoms with Crippen molar-refractivity contribution in [2.45, 2.75) is 71.5 Å². The van der Waals surface area contributed by atoms with E-state index in [1.165, 1.54) is 12.8 Å². The first-order valence-electron chi connectivity index (χ1n) is 8.15. The largest absolute Gasteiger partial charge is 0.369 e. The number of ether oxygens (including phenoxy) is 1. The summed E-state index contributed by atoms with van der Waals surface area (Å²) in [7, 11) is 0. The third kappa shape index (κ3) is 3.62. The molecular weight excluding hydrogens is 250 g/mol. The second kappa shape index (κ2) is 5.76. The van der Waals surface area contributed by atoms with Crippen LogP contribution in [0.4, 0.5) is 0 Å². The van der Waals surface area contributed by atoms with Gasteiger partial charge in [-0.1, -0.05) is 6.92 Å². The number of nitrogens with one attached hydrogen (secondary N) is 1. The number of carbonyl (C=O) groups excluding carboxylic acids is 1. The van der Waals surface area contributed by atoms with E-state index in [2.05, 4.69) is 39.9 Å². The number of piperidine rings is 1. The highest BCUT2D eigenvalue weighted by molar-refractivity contribution is 5.82. The van der Waals surface area contributed by atoms with Gasteiger partial charge in [-0.05, 0) is 71.9 Å². The van der Waals surface area contributed by atoms with Crippen LogP contribution in [0.1, 0.15) is 60.3 Å². The number of carbonyl (C=O) groups is 1. The minimum absolute atomic E-state index is 0.0523. The van der Waals surface area contributed by atoms with Crippen molar-refractivity contribution in [2.24, 2.45) is 17.8 Å². The summed E-state index contributed by atoms with van der Waals surface area (Å²) in [5.74, 6) is 1.59. The van der Waals surface area contributed by atoms with Crippen molar-refractivity contribution in [2.75, 3.05) is 13.1 Å². The van der Waals surface area contributed by atoms with Gasteiger partial charge in [-0.25, -0.2) is 0 Å². The van der Waals surface area contributed by atoms with Crippen molar-refractivity contribution in [1.29, 1.82) is 0 Å². The van der Waals surface area contributed by atoms with E-state index in [-0.39, 0.29) is 17.1 Å². The third-order valence-electron chi connectivity index (χ3n) is 5.13. The molecule has 3 heteroatoms. The van der Waals surface area contributed by atoms with Crippen LogP contribution in [0.15, 0.2) is 0 Å². The number of hydrogen-bond donors (Lipinski definition) is 1. The first-order chi connectivity index (χ1) is 9.21. The Morgan fingerprint density at radius 1 is 1.35 bits per heavy atom. The van der Waals surface area contributed by atoms with E-state index in [4.69, 9.17) is 4.74 Å². The van der Waals surface area contributed by atoms with Crippen molar-refractivity contribution < 1.29 is 9.53 Å². The number of rotatable bonds is 4. The minimum Gasteiger partial charge on any atom is -0.369 e. The summed E-state index contributed by atoms with van der Waals surface area (Å²) in [5.41, 5.74) is -0.482. The van der Waals surface area contributed by atoms with Gasteiger partial charge in [-0.15, -0.1) is 0 Å². The molecule has 0 amide bonds. The molecule has 0 aromatic rings. The molecule has 20 heavy (non-hydrogen) atoms. The lowest BCUT2D eigenvalue weighted by atomic mass is 9.77. The van der Waals surface area contributed by atoms with E-state index >= 15 is 0 Å². The molecule has 2 aliphatic rings. The molecule has 0 bridgehead atoms. The molecule has 3 atom stereocenters. The highest BCUT2D eigenvalue weighted by atomic mass is 16.5. The Kier molecular flexibility index (Phi) is 4.60. The van der Waals surface area contributed by atoms with Gasteiger partial charge >= 0.3 is 0 Å². The predicted molar refractivity (Wildman–Crippen MR) is 81.7 cm³/mol. The van der Waals surface area contributed by atoms with Crippen molar-refractivity contribution in [1.82, 2.24) is 5.32 Å². The molecule has 0 aromatic heterocycles. The van der Waals surface area contributed by atoms with E-state index in [1.54, 1.807) is 0 Å². The average molecular weight is 281 g/mol. The lowest BCUT2D eigenvalue weighted by Gasteiger charge is -2.30. The standard InChI is InChI=1S/C17H31NO2/c1-12(13-7-6-8-18-11-13)9-15(19)14-10-16(2,3)20-17(14,4)5/h12-14,18H,6-11H2,1-5H3. The van der Waals surface area contributed by atoms with Gasteiger partial charge in [-0.3, -0.25) is 4.79 Å². The summed E-state index contributed by atoms with van der Waals surface area (Å²) in [6.45, 7) is 12.8. The number of hydrogen-bond acceptors (Lipinski definition) is 3. The van der Waals surface area contributed by atoms with Gasteiger partial charge in [0, 0.05) is 12.3 Å². The van der Waals surface area contributed by atoms with Crippen LogP contribution in [0, 0.1) is 17.8 Å². The first-order valence-corrected chi connectivity index (χ1v) is 8.15. The molecule has 3 nitrogen and oxygen atoms in total. The average Bonchev–Trinajstić information content (AvgIpc) is 2.58. The molecule has 0 aliphatic carbocycles. The molecule has 0 radical (unpaired) electrons. The van der Waals surface area contributed by atoms with Crippen molar-refractivity contribution >= 4 is 5.78 Å². The SMILES string of the molecule is CC(CC(=O)C1CC(C)(C)OC1(C)C)C1CCCNC1. The van der Waals surface area contributed by atoms with Gasteiger partial charge in [0.15, 0.2) is 0 Å². The lowest BCUT2D eigenvalue weighted by molar-refractivity contribution is -0.130. The smallest absolute Gasteiger partial charge is 0.139 e. The maximum absolute atomic E-state index is 12.7. The van der Waals surface area contributed by atoms with Crippen LogP contribution in [-0.2, 0) is 9.53 Å². The minimum atomic E-state index is -0.314. The molecule has 0 aromatic carbocycles. The molecule has 0 saturated carbocycles. The van der Waals surface area contributed by atoms with Crippen LogP contribution in [0.2, 0.25) is 0 Å². The molecule has 2 fully saturated rings. The topological polar surface area (TPSA) is 38.3 Å². The van der Waals surface area contributed by atoms with Gasteiger partial charge in [0.05, 0.1) is 11.2 Å². The second-order valence-electron chi connectivity index (χ2n) is 7.98. The Hall–Kier alpha value is -0.410. The molecular formula is C17H31NO2. The predicted octanol–water partition coefficient (Wildman–Crippen LogP) is 3.18. The van der Waals surface area contributed by atoms with Crippen LogP contribution >= 0.6 is 0 Å². The Balaban J connectivity index is 1.94. The summed E-state index contributed by atoms with van der Waals surface area (Å²) in [5, 5.41) is 3.45. The Labute approximate surface area is 123 Å². The lowest BCUT2D eigenvalue weighted by Crippen LogP contribution is -2.37. The highest BCUT2D eigenvalue weighted by Crippen LogP contribution is 2.43. The molecule has 0 spiro atoms. The summed E-state index contributed by atoms with van der Waals surface area (Å²) < 4.78 is 6.06. The van der Waals surface area contributed by atoms with E-state index in [1.807, 2.05) is 0 Å². The summed E-state index contributed by atoms with van der Waals surface area (Å²) in [6.07, 6.45) is 4.07. The fourth-order valence-corrected chi connectivity index (χ4v) is 4.05. The van der Waals surface area contributed by atoms with Crippen molar-refractivity contribution in [3.05, 3.63) is 0 Å².